The van der Waals surface area contributed by atoms with Crippen molar-refractivity contribution in [3.63, 3.8) is 0 Å². The Labute approximate surface area is 186 Å². The van der Waals surface area contributed by atoms with Gasteiger partial charge < -0.3 is 11.1 Å². The molecule has 0 spiro atoms. The molecule has 10 heteroatoms. The fourth-order valence-corrected chi connectivity index (χ4v) is 4.34. The maximum atomic E-state index is 13.1. The Morgan fingerprint density at radius 3 is 2.45 bits per heavy atom. The fraction of sp³-hybridized carbons (Fsp3) is 0.333. The standard InChI is InChI=1S/C21H24ClFN4O3S/c1-25-21(28)20(26-15-7-5-14(22)6-8-15)17-11-16(13-3-4-13)19(12-18(17)24)27(10-9-23)31(2,29)30/h5-8,11-13H,3-4,9-10,24H2,1-2H3,(H,25,28). The molecule has 31 heavy (non-hydrogen) atoms. The van der Waals surface area contributed by atoms with Crippen LogP contribution in [0, 0.1) is 0 Å². The number of nitrogens with one attached hydrogen (secondary N) is 1. The van der Waals surface area contributed by atoms with E-state index in [1.54, 1.807) is 30.3 Å². The first-order valence-electron chi connectivity index (χ1n) is 9.69. The SMILES string of the molecule is CNC(=O)C(=Nc1ccc(Cl)cc1)c1cc(C2CC2)c(N(CCF)S(C)(=O)=O)cc1N. The minimum absolute atomic E-state index is 0.0900. The van der Waals surface area contributed by atoms with Gasteiger partial charge in [-0.25, -0.2) is 17.8 Å². The predicted molar refractivity (Wildman–Crippen MR) is 123 cm³/mol. The molecule has 1 saturated carbocycles. The molecule has 0 saturated heterocycles. The number of amides is 1. The maximum Gasteiger partial charge on any atom is 0.270 e. The Hall–Kier alpha value is -2.65. The number of hydrogen-bond acceptors (Lipinski definition) is 5. The quantitative estimate of drug-likeness (QED) is 0.459. The second-order valence-electron chi connectivity index (χ2n) is 7.31. The number of nitrogen functional groups attached to an aromatic ring is 1. The van der Waals surface area contributed by atoms with E-state index in [0.29, 0.717) is 27.5 Å². The Morgan fingerprint density at radius 2 is 1.94 bits per heavy atom. The monoisotopic (exact) mass is 466 g/mol. The lowest BCUT2D eigenvalue weighted by molar-refractivity contribution is -0.114. The highest BCUT2D eigenvalue weighted by molar-refractivity contribution is 7.92. The van der Waals surface area contributed by atoms with Crippen molar-refractivity contribution >= 4 is 50.3 Å². The third-order valence-electron chi connectivity index (χ3n) is 4.94. The molecule has 1 fully saturated rings. The number of carbonyl (C=O) groups excluding carboxylic acids is 1. The van der Waals surface area contributed by atoms with Gasteiger partial charge in [-0.05, 0) is 60.7 Å². The lowest BCUT2D eigenvalue weighted by Crippen LogP contribution is -2.33. The van der Waals surface area contributed by atoms with Crippen molar-refractivity contribution in [1.82, 2.24) is 5.32 Å². The first-order valence-corrected chi connectivity index (χ1v) is 11.9. The summed E-state index contributed by atoms with van der Waals surface area (Å²) in [5, 5.41) is 3.10. The number of carbonyl (C=O) groups is 1. The van der Waals surface area contributed by atoms with Crippen LogP contribution in [0.25, 0.3) is 0 Å². The summed E-state index contributed by atoms with van der Waals surface area (Å²) < 4.78 is 38.7. The fourth-order valence-electron chi connectivity index (χ4n) is 3.30. The first kappa shape index (κ1) is 23.0. The smallest absolute Gasteiger partial charge is 0.270 e. The van der Waals surface area contributed by atoms with Crippen LogP contribution in [0.1, 0.15) is 29.9 Å². The summed E-state index contributed by atoms with van der Waals surface area (Å²) in [7, 11) is -2.23. The average molecular weight is 467 g/mol. The summed E-state index contributed by atoms with van der Waals surface area (Å²) in [6.45, 7) is -1.14. The van der Waals surface area contributed by atoms with Gasteiger partial charge in [0.1, 0.15) is 12.4 Å². The molecule has 0 unspecified atom stereocenters. The maximum absolute atomic E-state index is 13.1. The molecule has 1 aliphatic carbocycles. The van der Waals surface area contributed by atoms with Gasteiger partial charge in [-0.15, -0.1) is 0 Å². The van der Waals surface area contributed by atoms with Gasteiger partial charge in [-0.3, -0.25) is 9.10 Å². The number of likely N-dealkylation sites (N-methyl/N-ethyl adjacent to an activating group) is 1. The van der Waals surface area contributed by atoms with E-state index in [4.69, 9.17) is 17.3 Å². The van der Waals surface area contributed by atoms with Gasteiger partial charge >= 0.3 is 0 Å². The van der Waals surface area contributed by atoms with Crippen LogP contribution in [-0.2, 0) is 14.8 Å². The summed E-state index contributed by atoms with van der Waals surface area (Å²) >= 11 is 5.92. The van der Waals surface area contributed by atoms with E-state index in [1.807, 2.05) is 0 Å². The normalized spacial score (nSPS) is 14.4. The molecular formula is C21H24ClFN4O3S. The molecule has 0 aliphatic heterocycles. The predicted octanol–water partition coefficient (Wildman–Crippen LogP) is 3.40. The molecule has 0 heterocycles. The molecule has 3 N–H and O–H groups in total. The molecule has 3 rings (SSSR count). The molecule has 2 aromatic carbocycles. The van der Waals surface area contributed by atoms with E-state index in [0.717, 1.165) is 23.4 Å². The van der Waals surface area contributed by atoms with Crippen molar-refractivity contribution in [2.45, 2.75) is 18.8 Å². The van der Waals surface area contributed by atoms with Gasteiger partial charge in [-0.1, -0.05) is 11.6 Å². The number of sulfonamides is 1. The molecule has 1 aliphatic rings. The van der Waals surface area contributed by atoms with Gasteiger partial charge in [-0.2, -0.15) is 0 Å². The summed E-state index contributed by atoms with van der Waals surface area (Å²) in [6, 6.07) is 9.84. The Kier molecular flexibility index (Phi) is 6.86. The van der Waals surface area contributed by atoms with E-state index in [-0.39, 0.29) is 23.9 Å². The molecule has 0 atom stereocenters. The highest BCUT2D eigenvalue weighted by Crippen LogP contribution is 2.46. The molecule has 166 valence electrons. The van der Waals surface area contributed by atoms with Crippen molar-refractivity contribution < 1.29 is 17.6 Å². The first-order chi connectivity index (χ1) is 14.7. The lowest BCUT2D eigenvalue weighted by Gasteiger charge is -2.25. The van der Waals surface area contributed by atoms with Gasteiger partial charge in [0.2, 0.25) is 10.0 Å². The molecular weight excluding hydrogens is 443 g/mol. The molecule has 2 aromatic rings. The van der Waals surface area contributed by atoms with Crippen LogP contribution in [0.3, 0.4) is 0 Å². The molecule has 0 radical (unpaired) electrons. The molecule has 1 amide bonds. The van der Waals surface area contributed by atoms with E-state index in [9.17, 15) is 17.6 Å². The van der Waals surface area contributed by atoms with Crippen molar-refractivity contribution in [3.05, 3.63) is 52.5 Å². The Bertz CT molecular complexity index is 1120. The molecule has 7 nitrogen and oxygen atoms in total. The van der Waals surface area contributed by atoms with Gasteiger partial charge in [0.05, 0.1) is 24.2 Å². The van der Waals surface area contributed by atoms with Crippen LogP contribution in [0.15, 0.2) is 41.4 Å². The highest BCUT2D eigenvalue weighted by Gasteiger charge is 2.32. The third-order valence-corrected chi connectivity index (χ3v) is 6.37. The number of rotatable bonds is 8. The average Bonchev–Trinajstić information content (AvgIpc) is 3.55. The van der Waals surface area contributed by atoms with Crippen LogP contribution < -0.4 is 15.4 Å². The zero-order chi connectivity index (χ0) is 22.8. The van der Waals surface area contributed by atoms with Crippen molar-refractivity contribution in [2.24, 2.45) is 4.99 Å². The lowest BCUT2D eigenvalue weighted by atomic mass is 9.98. The van der Waals surface area contributed by atoms with Crippen molar-refractivity contribution in [1.29, 1.82) is 0 Å². The second kappa shape index (κ2) is 9.23. The molecule has 0 aromatic heterocycles. The number of benzene rings is 2. The summed E-state index contributed by atoms with van der Waals surface area (Å²) in [5.74, 6) is -0.334. The van der Waals surface area contributed by atoms with E-state index < -0.39 is 22.6 Å². The summed E-state index contributed by atoms with van der Waals surface area (Å²) in [5.41, 5.74) is 8.46. The van der Waals surface area contributed by atoms with Gasteiger partial charge in [0.15, 0.2) is 0 Å². The third kappa shape index (κ3) is 5.34. The van der Waals surface area contributed by atoms with Gasteiger partial charge in [0.25, 0.3) is 5.91 Å². The topological polar surface area (TPSA) is 105 Å². The number of nitrogens with zero attached hydrogens (tertiary/aromatic N) is 2. The zero-order valence-corrected chi connectivity index (χ0v) is 18.8. The Balaban J connectivity index is 2.18. The van der Waals surface area contributed by atoms with E-state index >= 15 is 0 Å². The van der Waals surface area contributed by atoms with Crippen LogP contribution in [0.5, 0.6) is 0 Å². The number of aliphatic imine (C=N–C) groups is 1. The van der Waals surface area contributed by atoms with Crippen LogP contribution in [-0.4, -0.2) is 46.6 Å². The number of anilines is 2. The second-order valence-corrected chi connectivity index (χ2v) is 9.66. The minimum Gasteiger partial charge on any atom is -0.398 e. The Morgan fingerprint density at radius 1 is 1.29 bits per heavy atom. The summed E-state index contributed by atoms with van der Waals surface area (Å²) in [4.78, 5) is 17.1. The zero-order valence-electron chi connectivity index (χ0n) is 17.2. The van der Waals surface area contributed by atoms with E-state index in [1.165, 1.54) is 13.1 Å². The summed E-state index contributed by atoms with van der Waals surface area (Å²) in [6.07, 6.45) is 2.77. The van der Waals surface area contributed by atoms with Crippen molar-refractivity contribution in [2.75, 3.05) is 36.6 Å². The van der Waals surface area contributed by atoms with Crippen molar-refractivity contribution in [3.8, 4) is 0 Å². The van der Waals surface area contributed by atoms with Gasteiger partial charge in [0, 0.05) is 23.3 Å². The van der Waals surface area contributed by atoms with Crippen LogP contribution >= 0.6 is 11.6 Å². The number of alkyl halides is 1. The number of nitrogens with two attached hydrogens (primary N) is 1. The molecule has 0 bridgehead atoms. The highest BCUT2D eigenvalue weighted by atomic mass is 35.5. The van der Waals surface area contributed by atoms with E-state index in [2.05, 4.69) is 10.3 Å². The van der Waals surface area contributed by atoms with Crippen LogP contribution in [0.4, 0.5) is 21.5 Å². The number of hydrogen-bond donors (Lipinski definition) is 2. The largest absolute Gasteiger partial charge is 0.398 e. The minimum atomic E-state index is -3.72. The van der Waals surface area contributed by atoms with Crippen LogP contribution in [0.2, 0.25) is 5.02 Å². The number of halogens is 2.